The molecule has 0 atom stereocenters. The van der Waals surface area contributed by atoms with Gasteiger partial charge in [0.05, 0.1) is 18.2 Å². The van der Waals surface area contributed by atoms with Crippen molar-refractivity contribution in [1.29, 1.82) is 5.26 Å². The van der Waals surface area contributed by atoms with E-state index in [4.69, 9.17) is 4.74 Å². The first-order chi connectivity index (χ1) is 10.2. The highest BCUT2D eigenvalue weighted by Gasteiger charge is 2.15. The Hall–Kier alpha value is -2.93. The molecule has 0 bridgehead atoms. The van der Waals surface area contributed by atoms with Crippen LogP contribution in [0.3, 0.4) is 0 Å². The molecule has 0 unspecified atom stereocenters. The van der Waals surface area contributed by atoms with Gasteiger partial charge in [-0.1, -0.05) is 0 Å². The van der Waals surface area contributed by atoms with Gasteiger partial charge in [0.1, 0.15) is 17.6 Å². The van der Waals surface area contributed by atoms with Gasteiger partial charge in [-0.2, -0.15) is 5.26 Å². The Morgan fingerprint density at radius 3 is 2.48 bits per heavy atom. The topological polar surface area (TPSA) is 58.2 Å². The van der Waals surface area contributed by atoms with Crippen molar-refractivity contribution in [3.05, 3.63) is 53.7 Å². The molecule has 2 aromatic carbocycles. The molecule has 0 saturated carbocycles. The second-order valence-electron chi connectivity index (χ2n) is 4.81. The lowest BCUT2D eigenvalue weighted by Crippen LogP contribution is -1.97. The highest BCUT2D eigenvalue weighted by molar-refractivity contribution is 5.90. The second-order valence-corrected chi connectivity index (χ2v) is 4.81. The molecule has 1 N–H and O–H groups in total. The van der Waals surface area contributed by atoms with Gasteiger partial charge in [-0.25, -0.2) is 0 Å². The number of nitriles is 1. The van der Waals surface area contributed by atoms with Crippen molar-refractivity contribution >= 4 is 10.9 Å². The summed E-state index contributed by atoms with van der Waals surface area (Å²) in [7, 11) is 1.62. The number of aromatic nitrogens is 1. The van der Waals surface area contributed by atoms with Gasteiger partial charge < -0.3 is 14.4 Å². The summed E-state index contributed by atoms with van der Waals surface area (Å²) in [5.74, 6) is 0.954. The Labute approximate surface area is 122 Å². The summed E-state index contributed by atoms with van der Waals surface area (Å²) in [6.07, 6.45) is 0. The molecular formula is C17H14N2O2. The van der Waals surface area contributed by atoms with Crippen molar-refractivity contribution in [2.75, 3.05) is 7.11 Å². The molecule has 0 spiro atoms. The number of aromatic hydroxyl groups is 1. The fourth-order valence-corrected chi connectivity index (χ4v) is 2.61. The lowest BCUT2D eigenvalue weighted by Gasteiger charge is -2.09. The van der Waals surface area contributed by atoms with Gasteiger partial charge >= 0.3 is 0 Å². The van der Waals surface area contributed by atoms with Crippen LogP contribution in [0.4, 0.5) is 0 Å². The normalized spacial score (nSPS) is 10.5. The summed E-state index contributed by atoms with van der Waals surface area (Å²) >= 11 is 0. The molecule has 0 aliphatic heterocycles. The van der Waals surface area contributed by atoms with Crippen LogP contribution in [-0.2, 0) is 0 Å². The van der Waals surface area contributed by atoms with E-state index in [9.17, 15) is 10.4 Å². The number of benzene rings is 2. The van der Waals surface area contributed by atoms with E-state index >= 15 is 0 Å². The number of fused-ring (bicyclic) bond motifs is 1. The zero-order chi connectivity index (χ0) is 15.0. The van der Waals surface area contributed by atoms with E-state index in [0.29, 0.717) is 5.56 Å². The maximum Gasteiger partial charge on any atom is 0.119 e. The van der Waals surface area contributed by atoms with Crippen LogP contribution in [0.5, 0.6) is 11.5 Å². The zero-order valence-electron chi connectivity index (χ0n) is 11.8. The summed E-state index contributed by atoms with van der Waals surface area (Å²) in [6.45, 7) is 1.90. The lowest BCUT2D eigenvalue weighted by atomic mass is 10.1. The number of ether oxygens (including phenoxy) is 1. The molecule has 104 valence electrons. The van der Waals surface area contributed by atoms with Gasteiger partial charge in [0.15, 0.2) is 0 Å². The molecule has 0 aliphatic rings. The molecule has 1 heterocycles. The van der Waals surface area contributed by atoms with Crippen molar-refractivity contribution in [3.8, 4) is 23.3 Å². The van der Waals surface area contributed by atoms with E-state index < -0.39 is 0 Å². The minimum Gasteiger partial charge on any atom is -0.508 e. The molecule has 1 aromatic heterocycles. The maximum atomic E-state index is 9.74. The second kappa shape index (κ2) is 4.88. The van der Waals surface area contributed by atoms with Gasteiger partial charge in [0.2, 0.25) is 0 Å². The van der Waals surface area contributed by atoms with Gasteiger partial charge in [0, 0.05) is 22.8 Å². The highest BCUT2D eigenvalue weighted by atomic mass is 16.5. The van der Waals surface area contributed by atoms with E-state index in [1.54, 1.807) is 25.3 Å². The molecule has 21 heavy (non-hydrogen) atoms. The van der Waals surface area contributed by atoms with E-state index in [0.717, 1.165) is 28.0 Å². The number of phenols is 1. The van der Waals surface area contributed by atoms with Crippen LogP contribution in [0.15, 0.2) is 42.5 Å². The molecule has 0 amide bonds. The third-order valence-corrected chi connectivity index (χ3v) is 3.63. The van der Waals surface area contributed by atoms with E-state index in [2.05, 4.69) is 6.07 Å². The molecule has 0 saturated heterocycles. The van der Waals surface area contributed by atoms with Crippen molar-refractivity contribution in [2.45, 2.75) is 6.92 Å². The van der Waals surface area contributed by atoms with Crippen molar-refractivity contribution in [2.24, 2.45) is 0 Å². The van der Waals surface area contributed by atoms with E-state index in [1.807, 2.05) is 35.8 Å². The van der Waals surface area contributed by atoms with E-state index in [1.165, 1.54) is 0 Å². The summed E-state index contributed by atoms with van der Waals surface area (Å²) in [4.78, 5) is 0. The maximum absolute atomic E-state index is 9.74. The first-order valence-electron chi connectivity index (χ1n) is 6.54. The number of hydrogen-bond donors (Lipinski definition) is 1. The molecule has 0 radical (unpaired) electrons. The quantitative estimate of drug-likeness (QED) is 0.780. The minimum absolute atomic E-state index is 0.180. The predicted molar refractivity (Wildman–Crippen MR) is 80.9 cm³/mol. The summed E-state index contributed by atoms with van der Waals surface area (Å²) in [5.41, 5.74) is 3.21. The van der Waals surface area contributed by atoms with Crippen LogP contribution < -0.4 is 4.74 Å². The zero-order valence-corrected chi connectivity index (χ0v) is 11.8. The smallest absolute Gasteiger partial charge is 0.119 e. The minimum atomic E-state index is 0.180. The number of phenolic OH excluding ortho intramolecular Hbond substituents is 1. The number of methoxy groups -OCH3 is 1. The van der Waals surface area contributed by atoms with Gasteiger partial charge in [-0.15, -0.1) is 0 Å². The van der Waals surface area contributed by atoms with Crippen LogP contribution in [0, 0.1) is 18.3 Å². The Kier molecular flexibility index (Phi) is 3.03. The largest absolute Gasteiger partial charge is 0.508 e. The number of rotatable bonds is 2. The number of nitrogens with zero attached hydrogens (tertiary/aromatic N) is 2. The van der Waals surface area contributed by atoms with Crippen LogP contribution in [-0.4, -0.2) is 16.8 Å². The van der Waals surface area contributed by atoms with Crippen molar-refractivity contribution in [1.82, 2.24) is 4.57 Å². The first kappa shape index (κ1) is 13.1. The van der Waals surface area contributed by atoms with Gasteiger partial charge in [0.25, 0.3) is 0 Å². The predicted octanol–water partition coefficient (Wildman–Crippen LogP) is 3.52. The standard InChI is InChI=1S/C17H14N2O2/c1-11-16(10-18)15-8-5-13(20)9-17(15)19(11)12-3-6-14(21-2)7-4-12/h3-9,20H,1-2H3. The van der Waals surface area contributed by atoms with Crippen LogP contribution in [0.25, 0.3) is 16.6 Å². The molecule has 0 aliphatic carbocycles. The highest BCUT2D eigenvalue weighted by Crippen LogP contribution is 2.31. The summed E-state index contributed by atoms with van der Waals surface area (Å²) < 4.78 is 7.13. The van der Waals surface area contributed by atoms with Gasteiger partial charge in [-0.3, -0.25) is 0 Å². The Morgan fingerprint density at radius 2 is 1.86 bits per heavy atom. The Balaban J connectivity index is 2.33. The molecular weight excluding hydrogens is 264 g/mol. The first-order valence-corrected chi connectivity index (χ1v) is 6.54. The summed E-state index contributed by atoms with van der Waals surface area (Å²) in [6, 6.07) is 14.9. The summed E-state index contributed by atoms with van der Waals surface area (Å²) in [5, 5.41) is 20.0. The molecule has 4 heteroatoms. The molecule has 3 aromatic rings. The van der Waals surface area contributed by atoms with Crippen LogP contribution in [0.2, 0.25) is 0 Å². The van der Waals surface area contributed by atoms with Crippen LogP contribution >= 0.6 is 0 Å². The lowest BCUT2D eigenvalue weighted by molar-refractivity contribution is 0.415. The van der Waals surface area contributed by atoms with Gasteiger partial charge in [-0.05, 0) is 43.3 Å². The third kappa shape index (κ3) is 2.00. The van der Waals surface area contributed by atoms with Crippen LogP contribution in [0.1, 0.15) is 11.3 Å². The van der Waals surface area contributed by atoms with E-state index in [-0.39, 0.29) is 5.75 Å². The fourth-order valence-electron chi connectivity index (χ4n) is 2.61. The SMILES string of the molecule is COc1ccc(-n2c(C)c(C#N)c3ccc(O)cc32)cc1. The van der Waals surface area contributed by atoms with Crippen molar-refractivity contribution < 1.29 is 9.84 Å². The monoisotopic (exact) mass is 278 g/mol. The third-order valence-electron chi connectivity index (χ3n) is 3.63. The average molecular weight is 278 g/mol. The molecule has 0 fully saturated rings. The number of hydrogen-bond acceptors (Lipinski definition) is 3. The average Bonchev–Trinajstić information content (AvgIpc) is 2.78. The fraction of sp³-hybridized carbons (Fsp3) is 0.118. The Bertz CT molecular complexity index is 855. The Morgan fingerprint density at radius 1 is 1.14 bits per heavy atom. The van der Waals surface area contributed by atoms with Crippen molar-refractivity contribution in [3.63, 3.8) is 0 Å². The molecule has 3 rings (SSSR count). The molecule has 4 nitrogen and oxygen atoms in total.